The van der Waals surface area contributed by atoms with Gasteiger partial charge in [-0.1, -0.05) is 47.5 Å². The van der Waals surface area contributed by atoms with Gasteiger partial charge in [0.1, 0.15) is 5.54 Å². The topological polar surface area (TPSA) is 76.8 Å². The molecule has 3 aromatic carbocycles. The van der Waals surface area contributed by atoms with Gasteiger partial charge in [0.2, 0.25) is 5.72 Å². The van der Waals surface area contributed by atoms with Crippen molar-refractivity contribution in [2.45, 2.75) is 25.1 Å². The predicted molar refractivity (Wildman–Crippen MR) is 121 cm³/mol. The highest BCUT2D eigenvalue weighted by Crippen LogP contribution is 2.54. The van der Waals surface area contributed by atoms with Crippen molar-refractivity contribution < 1.29 is 14.6 Å². The fraction of sp³-hybridized carbons (Fsp3) is 0.231. The predicted octanol–water partition coefficient (Wildman–Crippen LogP) is 4.24. The van der Waals surface area contributed by atoms with Gasteiger partial charge in [-0.2, -0.15) is 5.26 Å². The van der Waals surface area contributed by atoms with Crippen LogP contribution in [-0.4, -0.2) is 29.9 Å². The first kappa shape index (κ1) is 20.3. The van der Waals surface area contributed by atoms with Crippen LogP contribution in [0.2, 0.25) is 0 Å². The number of anilines is 2. The van der Waals surface area contributed by atoms with E-state index in [2.05, 4.69) is 6.07 Å². The molecule has 0 bridgehead atoms. The number of aryl methyl sites for hydroxylation is 2. The maximum absolute atomic E-state index is 14.0. The number of rotatable bonds is 3. The molecule has 0 radical (unpaired) electrons. The minimum Gasteiger partial charge on any atom is -0.376 e. The van der Waals surface area contributed by atoms with Crippen molar-refractivity contribution in [2.75, 3.05) is 23.0 Å². The Balaban J connectivity index is 1.77. The number of urea groups is 1. The normalized spacial score (nSPS) is 21.5. The van der Waals surface area contributed by atoms with Crippen LogP contribution in [0.1, 0.15) is 22.3 Å². The maximum atomic E-state index is 14.0. The van der Waals surface area contributed by atoms with E-state index in [9.17, 15) is 15.2 Å². The minimum atomic E-state index is -1.74. The summed E-state index contributed by atoms with van der Waals surface area (Å²) in [6.07, 6.45) is 0. The molecule has 6 heteroatoms. The van der Waals surface area contributed by atoms with Gasteiger partial charge in [-0.15, -0.1) is 0 Å². The van der Waals surface area contributed by atoms with Gasteiger partial charge < -0.3 is 9.84 Å². The van der Waals surface area contributed by atoms with E-state index >= 15 is 0 Å². The molecule has 0 aliphatic carbocycles. The number of carbonyl (C=O) groups excluding carboxylic acids is 1. The number of amides is 2. The van der Waals surface area contributed by atoms with Gasteiger partial charge >= 0.3 is 6.03 Å². The Bertz CT molecular complexity index is 1230. The third-order valence-electron chi connectivity index (χ3n) is 6.44. The second-order valence-corrected chi connectivity index (χ2v) is 8.51. The molecule has 2 saturated heterocycles. The van der Waals surface area contributed by atoms with Gasteiger partial charge in [-0.3, -0.25) is 9.80 Å². The van der Waals surface area contributed by atoms with E-state index in [1.807, 2.05) is 62.4 Å². The molecule has 2 heterocycles. The van der Waals surface area contributed by atoms with Crippen molar-refractivity contribution in [3.05, 3.63) is 95.1 Å². The van der Waals surface area contributed by atoms with E-state index in [0.717, 1.165) is 11.1 Å². The van der Waals surface area contributed by atoms with E-state index in [-0.39, 0.29) is 19.2 Å². The quantitative estimate of drug-likeness (QED) is 0.681. The monoisotopic (exact) mass is 425 g/mol. The van der Waals surface area contributed by atoms with Crippen LogP contribution in [0.3, 0.4) is 0 Å². The Morgan fingerprint density at radius 2 is 1.47 bits per heavy atom. The minimum absolute atomic E-state index is 0.169. The Morgan fingerprint density at radius 3 is 1.97 bits per heavy atom. The van der Waals surface area contributed by atoms with E-state index in [4.69, 9.17) is 4.74 Å². The molecule has 0 saturated carbocycles. The molecule has 1 N–H and O–H groups in total. The number of nitrogens with zero attached hydrogens (tertiary/aromatic N) is 3. The van der Waals surface area contributed by atoms with Crippen molar-refractivity contribution in [3.63, 3.8) is 0 Å². The zero-order valence-electron chi connectivity index (χ0n) is 17.9. The number of ether oxygens (including phenoxy) is 1. The Morgan fingerprint density at radius 1 is 0.906 bits per heavy atom. The van der Waals surface area contributed by atoms with Crippen LogP contribution in [0, 0.1) is 25.2 Å². The van der Waals surface area contributed by atoms with Crippen LogP contribution in [0.4, 0.5) is 16.2 Å². The van der Waals surface area contributed by atoms with Gasteiger partial charge in [-0.05, 0) is 50.2 Å². The maximum Gasteiger partial charge on any atom is 0.332 e. The SMILES string of the molecule is Cc1ccc(N2C(=O)N(c3ccc(C)cc3)C(O)(c3cccc(C#N)c3)C23COC3)cc1. The van der Waals surface area contributed by atoms with Gasteiger partial charge in [-0.25, -0.2) is 4.79 Å². The van der Waals surface area contributed by atoms with E-state index < -0.39 is 11.3 Å². The second-order valence-electron chi connectivity index (χ2n) is 8.51. The number of carbonyl (C=O) groups is 1. The summed E-state index contributed by atoms with van der Waals surface area (Å²) in [6, 6.07) is 23.8. The Hall–Kier alpha value is -3.66. The van der Waals surface area contributed by atoms with Crippen molar-refractivity contribution >= 4 is 17.4 Å². The summed E-state index contributed by atoms with van der Waals surface area (Å²) in [6.45, 7) is 4.29. The van der Waals surface area contributed by atoms with Crippen LogP contribution in [0.25, 0.3) is 0 Å². The smallest absolute Gasteiger partial charge is 0.332 e. The average Bonchev–Trinajstić information content (AvgIpc) is 3.00. The summed E-state index contributed by atoms with van der Waals surface area (Å²) in [5.74, 6) is 0. The fourth-order valence-corrected chi connectivity index (χ4v) is 4.66. The molecule has 160 valence electrons. The molecule has 5 rings (SSSR count). The fourth-order valence-electron chi connectivity index (χ4n) is 4.66. The van der Waals surface area contributed by atoms with Gasteiger partial charge in [0.25, 0.3) is 0 Å². The number of hydrogen-bond acceptors (Lipinski definition) is 4. The van der Waals surface area contributed by atoms with E-state index in [1.54, 1.807) is 29.2 Å². The van der Waals surface area contributed by atoms with Crippen LogP contribution in [0.15, 0.2) is 72.8 Å². The summed E-state index contributed by atoms with van der Waals surface area (Å²) in [7, 11) is 0. The first-order valence-electron chi connectivity index (χ1n) is 10.5. The van der Waals surface area contributed by atoms with Crippen molar-refractivity contribution in [3.8, 4) is 6.07 Å². The molecule has 2 fully saturated rings. The highest BCUT2D eigenvalue weighted by molar-refractivity contribution is 6.09. The number of benzene rings is 3. The van der Waals surface area contributed by atoms with Crippen LogP contribution >= 0.6 is 0 Å². The summed E-state index contributed by atoms with van der Waals surface area (Å²) < 4.78 is 5.62. The summed E-state index contributed by atoms with van der Waals surface area (Å²) in [5.41, 5.74) is 1.49. The molecule has 32 heavy (non-hydrogen) atoms. The molecule has 1 atom stereocenters. The van der Waals surface area contributed by atoms with Gasteiger partial charge in [0.05, 0.1) is 24.8 Å². The molecule has 3 aromatic rings. The van der Waals surface area contributed by atoms with Crippen LogP contribution in [-0.2, 0) is 10.5 Å². The molecule has 2 aliphatic heterocycles. The lowest BCUT2D eigenvalue weighted by Crippen LogP contribution is -2.70. The molecular formula is C26H23N3O3. The van der Waals surface area contributed by atoms with Crippen molar-refractivity contribution in [1.82, 2.24) is 0 Å². The lowest BCUT2D eigenvalue weighted by Gasteiger charge is -2.51. The number of nitriles is 1. The Kier molecular flexibility index (Phi) is 4.55. The van der Waals surface area contributed by atoms with E-state index in [1.165, 1.54) is 4.90 Å². The molecular weight excluding hydrogens is 402 g/mol. The largest absolute Gasteiger partial charge is 0.376 e. The first-order valence-corrected chi connectivity index (χ1v) is 10.5. The third kappa shape index (κ3) is 2.69. The molecule has 1 unspecified atom stereocenters. The molecule has 2 amide bonds. The lowest BCUT2D eigenvalue weighted by molar-refractivity contribution is -0.153. The highest BCUT2D eigenvalue weighted by Gasteiger charge is 2.72. The summed E-state index contributed by atoms with van der Waals surface area (Å²) >= 11 is 0. The van der Waals surface area contributed by atoms with Gasteiger partial charge in [0.15, 0.2) is 0 Å². The van der Waals surface area contributed by atoms with Crippen molar-refractivity contribution in [1.29, 1.82) is 5.26 Å². The summed E-state index contributed by atoms with van der Waals surface area (Å²) in [5, 5.41) is 21.9. The second kappa shape index (κ2) is 7.20. The van der Waals surface area contributed by atoms with Crippen molar-refractivity contribution in [2.24, 2.45) is 0 Å². The number of hydrogen-bond donors (Lipinski definition) is 1. The van der Waals surface area contributed by atoms with Gasteiger partial charge in [0, 0.05) is 16.9 Å². The Labute approximate surface area is 186 Å². The first-order chi connectivity index (χ1) is 15.4. The standard InChI is InChI=1S/C26H23N3O3/c1-18-6-10-22(11-7-18)28-24(30)29(23-12-8-19(2)9-13-23)26(31,25(28)16-32-17-25)21-5-3-4-20(14-21)15-27/h3-14,31H,16-17H2,1-2H3. The molecule has 0 aromatic heterocycles. The zero-order valence-corrected chi connectivity index (χ0v) is 17.9. The van der Waals surface area contributed by atoms with Crippen LogP contribution < -0.4 is 9.80 Å². The van der Waals surface area contributed by atoms with E-state index in [0.29, 0.717) is 22.5 Å². The van der Waals surface area contributed by atoms with Crippen LogP contribution in [0.5, 0.6) is 0 Å². The molecule has 6 nitrogen and oxygen atoms in total. The average molecular weight is 425 g/mol. The molecule has 1 spiro atoms. The lowest BCUT2D eigenvalue weighted by atomic mass is 9.78. The number of aliphatic hydroxyl groups is 1. The highest BCUT2D eigenvalue weighted by atomic mass is 16.5. The molecule has 2 aliphatic rings. The zero-order chi connectivity index (χ0) is 22.5. The summed E-state index contributed by atoms with van der Waals surface area (Å²) in [4.78, 5) is 17.1. The third-order valence-corrected chi connectivity index (χ3v) is 6.44.